The molecule has 74 valence electrons. The molecule has 0 radical (unpaired) electrons. The molecule has 0 aliphatic carbocycles. The highest BCUT2D eigenvalue weighted by Gasteiger charge is 2.12. The molecule has 0 aliphatic heterocycles. The maximum atomic E-state index is 11.2. The van der Waals surface area contributed by atoms with Crippen LogP contribution < -0.4 is 11.1 Å². The quantitative estimate of drug-likeness (QED) is 0.511. The molecule has 0 aromatic carbocycles. The van der Waals surface area contributed by atoms with Crippen LogP contribution in [0, 0.1) is 11.3 Å². The summed E-state index contributed by atoms with van der Waals surface area (Å²) < 4.78 is 0. The van der Waals surface area contributed by atoms with E-state index < -0.39 is 11.9 Å². The van der Waals surface area contributed by atoms with Gasteiger partial charge >= 0.3 is 0 Å². The third-order valence-electron chi connectivity index (χ3n) is 1.46. The predicted molar refractivity (Wildman–Crippen MR) is 44.2 cm³/mol. The van der Waals surface area contributed by atoms with Crippen LogP contribution in [-0.4, -0.2) is 32.6 Å². The van der Waals surface area contributed by atoms with Gasteiger partial charge in [-0.2, -0.15) is 10.5 Å². The highest BCUT2D eigenvalue weighted by molar-refractivity contribution is 5.81. The van der Waals surface area contributed by atoms with E-state index in [0.29, 0.717) is 5.82 Å². The van der Waals surface area contributed by atoms with Gasteiger partial charge in [-0.1, -0.05) is 5.21 Å². The van der Waals surface area contributed by atoms with Crippen LogP contribution in [0.1, 0.15) is 12.2 Å². The fourth-order valence-electron chi connectivity index (χ4n) is 0.746. The van der Waals surface area contributed by atoms with E-state index in [1.807, 2.05) is 0 Å². The predicted octanol–water partition coefficient (Wildman–Crippen LogP) is -1.94. The SMILES string of the molecule is N#CC[C@@H](N)C(=O)NCc1nn[nH]n1. The number of H-pyrrole nitrogens is 1. The van der Waals surface area contributed by atoms with Crippen molar-refractivity contribution in [3.05, 3.63) is 5.82 Å². The average molecular weight is 195 g/mol. The number of hydrogen-bond donors (Lipinski definition) is 3. The Balaban J connectivity index is 2.32. The lowest BCUT2D eigenvalue weighted by atomic mass is 10.2. The van der Waals surface area contributed by atoms with Crippen LogP contribution >= 0.6 is 0 Å². The first-order valence-corrected chi connectivity index (χ1v) is 3.86. The van der Waals surface area contributed by atoms with Crippen LogP contribution in [0.5, 0.6) is 0 Å². The Morgan fingerprint density at radius 1 is 1.79 bits per heavy atom. The normalized spacial score (nSPS) is 11.7. The second-order valence-corrected chi connectivity index (χ2v) is 2.51. The number of carbonyl (C=O) groups is 1. The summed E-state index contributed by atoms with van der Waals surface area (Å²) in [5.41, 5.74) is 5.37. The first kappa shape index (κ1) is 10.1. The van der Waals surface area contributed by atoms with E-state index in [-0.39, 0.29) is 13.0 Å². The minimum atomic E-state index is -0.813. The maximum Gasteiger partial charge on any atom is 0.238 e. The van der Waals surface area contributed by atoms with Gasteiger partial charge in [0.1, 0.15) is 0 Å². The van der Waals surface area contributed by atoms with Gasteiger partial charge in [0.2, 0.25) is 5.91 Å². The minimum Gasteiger partial charge on any atom is -0.347 e. The zero-order valence-electron chi connectivity index (χ0n) is 7.27. The Kier molecular flexibility index (Phi) is 3.51. The lowest BCUT2D eigenvalue weighted by Gasteiger charge is -2.06. The first-order chi connectivity index (χ1) is 6.74. The number of aromatic amines is 1. The number of nitrogens with zero attached hydrogens (tertiary/aromatic N) is 4. The fourth-order valence-corrected chi connectivity index (χ4v) is 0.746. The van der Waals surface area contributed by atoms with Crippen molar-refractivity contribution in [3.63, 3.8) is 0 Å². The molecule has 1 atom stereocenters. The number of amides is 1. The lowest BCUT2D eigenvalue weighted by Crippen LogP contribution is -2.40. The Labute approximate surface area is 79.5 Å². The molecular formula is C6H9N7O. The second kappa shape index (κ2) is 4.88. The molecule has 0 unspecified atom stereocenters. The van der Waals surface area contributed by atoms with Gasteiger partial charge in [-0.05, 0) is 0 Å². The molecule has 0 fully saturated rings. The molecule has 0 bridgehead atoms. The molecule has 14 heavy (non-hydrogen) atoms. The number of nitriles is 1. The number of carbonyl (C=O) groups excluding carboxylic acids is 1. The molecule has 1 rings (SSSR count). The van der Waals surface area contributed by atoms with Crippen molar-refractivity contribution >= 4 is 5.91 Å². The van der Waals surface area contributed by atoms with Crippen LogP contribution in [0.4, 0.5) is 0 Å². The summed E-state index contributed by atoms with van der Waals surface area (Å²) in [5, 5.41) is 23.6. The second-order valence-electron chi connectivity index (χ2n) is 2.51. The molecule has 1 aromatic heterocycles. The molecule has 0 spiro atoms. The summed E-state index contributed by atoms with van der Waals surface area (Å²) in [6.07, 6.45) is -0.0158. The van der Waals surface area contributed by atoms with E-state index in [4.69, 9.17) is 11.0 Å². The van der Waals surface area contributed by atoms with Gasteiger partial charge in [0, 0.05) is 0 Å². The van der Waals surface area contributed by atoms with Crippen molar-refractivity contribution in [2.75, 3.05) is 0 Å². The summed E-state index contributed by atoms with van der Waals surface area (Å²) in [6.45, 7) is 0.147. The number of nitrogens with one attached hydrogen (secondary N) is 2. The summed E-state index contributed by atoms with van der Waals surface area (Å²) in [5.74, 6) is -0.0427. The van der Waals surface area contributed by atoms with Gasteiger partial charge in [0.05, 0.1) is 25.1 Å². The zero-order valence-corrected chi connectivity index (χ0v) is 7.27. The van der Waals surface area contributed by atoms with E-state index in [1.54, 1.807) is 6.07 Å². The van der Waals surface area contributed by atoms with Gasteiger partial charge in [-0.25, -0.2) is 0 Å². The summed E-state index contributed by atoms with van der Waals surface area (Å²) in [6, 6.07) is 0.993. The van der Waals surface area contributed by atoms with E-state index in [0.717, 1.165) is 0 Å². The van der Waals surface area contributed by atoms with Crippen molar-refractivity contribution in [3.8, 4) is 6.07 Å². The van der Waals surface area contributed by atoms with Crippen LogP contribution in [-0.2, 0) is 11.3 Å². The van der Waals surface area contributed by atoms with Gasteiger partial charge in [0.15, 0.2) is 5.82 Å². The number of hydrogen-bond acceptors (Lipinski definition) is 6. The summed E-state index contributed by atoms with van der Waals surface area (Å²) >= 11 is 0. The largest absolute Gasteiger partial charge is 0.347 e. The monoisotopic (exact) mass is 195 g/mol. The molecule has 1 amide bonds. The molecule has 0 saturated carbocycles. The van der Waals surface area contributed by atoms with Crippen molar-refractivity contribution in [2.24, 2.45) is 5.73 Å². The summed E-state index contributed by atoms with van der Waals surface area (Å²) in [4.78, 5) is 11.2. The topological polar surface area (TPSA) is 133 Å². The molecule has 0 saturated heterocycles. The van der Waals surface area contributed by atoms with E-state index in [9.17, 15) is 4.79 Å². The number of tetrazole rings is 1. The molecule has 1 heterocycles. The van der Waals surface area contributed by atoms with Gasteiger partial charge in [-0.15, -0.1) is 10.2 Å². The van der Waals surface area contributed by atoms with Crippen LogP contribution in [0.25, 0.3) is 0 Å². The van der Waals surface area contributed by atoms with Crippen molar-refractivity contribution < 1.29 is 4.79 Å². The van der Waals surface area contributed by atoms with E-state index in [1.165, 1.54) is 0 Å². The van der Waals surface area contributed by atoms with Crippen molar-refractivity contribution in [1.29, 1.82) is 5.26 Å². The molecule has 1 aromatic rings. The number of aromatic nitrogens is 4. The molecular weight excluding hydrogens is 186 g/mol. The Morgan fingerprint density at radius 2 is 2.57 bits per heavy atom. The molecule has 8 nitrogen and oxygen atoms in total. The molecule has 8 heteroatoms. The summed E-state index contributed by atoms with van der Waals surface area (Å²) in [7, 11) is 0. The van der Waals surface area contributed by atoms with Gasteiger partial charge in [-0.3, -0.25) is 4.79 Å². The Hall–Kier alpha value is -2.01. The molecule has 4 N–H and O–H groups in total. The van der Waals surface area contributed by atoms with Crippen LogP contribution in [0.3, 0.4) is 0 Å². The first-order valence-electron chi connectivity index (χ1n) is 3.86. The molecule has 0 aliphatic rings. The Morgan fingerprint density at radius 3 is 3.14 bits per heavy atom. The number of rotatable bonds is 4. The number of nitrogens with two attached hydrogens (primary N) is 1. The van der Waals surface area contributed by atoms with Crippen molar-refractivity contribution in [2.45, 2.75) is 19.0 Å². The van der Waals surface area contributed by atoms with Crippen LogP contribution in [0.15, 0.2) is 0 Å². The fraction of sp³-hybridized carbons (Fsp3) is 0.500. The third-order valence-corrected chi connectivity index (χ3v) is 1.46. The van der Waals surface area contributed by atoms with Gasteiger partial charge < -0.3 is 11.1 Å². The van der Waals surface area contributed by atoms with Crippen LogP contribution in [0.2, 0.25) is 0 Å². The standard InChI is InChI=1S/C6H9N7O/c7-2-1-4(8)6(14)9-3-5-10-12-13-11-5/h4H,1,3,8H2,(H,9,14)(H,10,11,12,13)/t4-/m1/s1. The van der Waals surface area contributed by atoms with Gasteiger partial charge in [0.25, 0.3) is 0 Å². The maximum absolute atomic E-state index is 11.2. The van der Waals surface area contributed by atoms with Crippen molar-refractivity contribution in [1.82, 2.24) is 25.9 Å². The van der Waals surface area contributed by atoms with E-state index >= 15 is 0 Å². The highest BCUT2D eigenvalue weighted by Crippen LogP contribution is 1.87. The Bertz CT molecular complexity index is 326. The third kappa shape index (κ3) is 2.80. The zero-order chi connectivity index (χ0) is 10.4. The highest BCUT2D eigenvalue weighted by atomic mass is 16.2. The smallest absolute Gasteiger partial charge is 0.238 e. The lowest BCUT2D eigenvalue weighted by molar-refractivity contribution is -0.122. The minimum absolute atomic E-state index is 0.0158. The average Bonchev–Trinajstić information content (AvgIpc) is 2.67. The van der Waals surface area contributed by atoms with E-state index in [2.05, 4.69) is 25.9 Å².